The summed E-state index contributed by atoms with van der Waals surface area (Å²) in [6.45, 7) is 6.39. The fourth-order valence-electron chi connectivity index (χ4n) is 1.77. The molecule has 20 heavy (non-hydrogen) atoms. The second-order valence-electron chi connectivity index (χ2n) is 5.70. The van der Waals surface area contributed by atoms with Crippen LogP contribution in [0.5, 0.6) is 0 Å². The summed E-state index contributed by atoms with van der Waals surface area (Å²) in [5.41, 5.74) is 4.53. The highest BCUT2D eigenvalue weighted by molar-refractivity contribution is 7.09. The summed E-state index contributed by atoms with van der Waals surface area (Å²) in [6, 6.07) is 2.85. The van der Waals surface area contributed by atoms with Crippen LogP contribution in [0.2, 0.25) is 0 Å². The lowest BCUT2D eigenvalue weighted by molar-refractivity contribution is 0.526. The Morgan fingerprint density at radius 2 is 2.15 bits per heavy atom. The van der Waals surface area contributed by atoms with Crippen LogP contribution < -0.4 is 11.3 Å². The van der Waals surface area contributed by atoms with Crippen molar-refractivity contribution in [2.75, 3.05) is 0 Å². The molecule has 6 heteroatoms. The first kappa shape index (κ1) is 15.0. The fraction of sp³-hybridized carbons (Fsp3) is 0.429. The molecular weight excluding hydrogens is 275 g/mol. The molecule has 1 unspecified atom stereocenters. The molecule has 0 aliphatic carbocycles. The number of hydrogen-bond donors (Lipinski definition) is 2. The third kappa shape index (κ3) is 3.59. The van der Waals surface area contributed by atoms with Crippen LogP contribution in [0.3, 0.4) is 0 Å². The largest absolute Gasteiger partial charge is 0.271 e. The number of aromatic nitrogens is 2. The Hall–Kier alpha value is -1.37. The zero-order valence-electron chi connectivity index (χ0n) is 11.9. The van der Waals surface area contributed by atoms with Gasteiger partial charge in [-0.15, -0.1) is 11.3 Å². The molecular formula is C14H19FN4S. The van der Waals surface area contributed by atoms with Crippen molar-refractivity contribution in [2.24, 2.45) is 5.84 Å². The Labute approximate surface area is 122 Å². The number of nitrogens with one attached hydrogen (secondary N) is 1. The molecule has 0 radical (unpaired) electrons. The minimum absolute atomic E-state index is 0.0362. The third-order valence-corrected chi connectivity index (χ3v) is 3.88. The van der Waals surface area contributed by atoms with E-state index in [2.05, 4.69) is 41.5 Å². The molecule has 4 nitrogen and oxygen atoms in total. The third-order valence-electron chi connectivity index (χ3n) is 3.01. The van der Waals surface area contributed by atoms with Gasteiger partial charge in [-0.1, -0.05) is 20.8 Å². The monoisotopic (exact) mass is 294 g/mol. The van der Waals surface area contributed by atoms with E-state index in [9.17, 15) is 4.39 Å². The van der Waals surface area contributed by atoms with Gasteiger partial charge in [-0.2, -0.15) is 0 Å². The second kappa shape index (κ2) is 5.95. The van der Waals surface area contributed by atoms with Gasteiger partial charge in [0.2, 0.25) is 0 Å². The molecule has 2 heterocycles. The molecule has 2 aromatic heterocycles. The van der Waals surface area contributed by atoms with Gasteiger partial charge in [0.15, 0.2) is 0 Å². The van der Waals surface area contributed by atoms with E-state index >= 15 is 0 Å². The molecule has 2 aromatic rings. The van der Waals surface area contributed by atoms with Crippen LogP contribution in [0.15, 0.2) is 23.7 Å². The summed E-state index contributed by atoms with van der Waals surface area (Å²) in [6.07, 6.45) is 1.83. The van der Waals surface area contributed by atoms with E-state index in [1.165, 1.54) is 12.3 Å². The van der Waals surface area contributed by atoms with Crippen molar-refractivity contribution >= 4 is 11.3 Å². The predicted molar refractivity (Wildman–Crippen MR) is 78.8 cm³/mol. The van der Waals surface area contributed by atoms with Crippen molar-refractivity contribution in [1.29, 1.82) is 0 Å². The summed E-state index contributed by atoms with van der Waals surface area (Å²) in [5.74, 6) is 5.22. The first-order chi connectivity index (χ1) is 9.40. The molecule has 0 saturated carbocycles. The van der Waals surface area contributed by atoms with Crippen molar-refractivity contribution in [3.8, 4) is 0 Å². The van der Waals surface area contributed by atoms with Crippen LogP contribution >= 0.6 is 11.3 Å². The zero-order chi connectivity index (χ0) is 14.8. The Morgan fingerprint density at radius 3 is 2.65 bits per heavy atom. The topological polar surface area (TPSA) is 63.8 Å². The Kier molecular flexibility index (Phi) is 4.47. The summed E-state index contributed by atoms with van der Waals surface area (Å²) >= 11 is 1.61. The number of pyridine rings is 1. The van der Waals surface area contributed by atoms with Crippen molar-refractivity contribution in [3.05, 3.63) is 45.9 Å². The molecule has 1 atom stereocenters. The predicted octanol–water partition coefficient (Wildman–Crippen LogP) is 2.72. The van der Waals surface area contributed by atoms with Gasteiger partial charge in [0.25, 0.3) is 0 Å². The van der Waals surface area contributed by atoms with Crippen LogP contribution in [0.25, 0.3) is 0 Å². The maximum atomic E-state index is 12.9. The molecule has 0 bridgehead atoms. The van der Waals surface area contributed by atoms with E-state index in [0.717, 1.165) is 10.7 Å². The number of hydrogen-bond acceptors (Lipinski definition) is 5. The molecule has 0 aliphatic heterocycles. The van der Waals surface area contributed by atoms with Crippen LogP contribution in [0.4, 0.5) is 4.39 Å². The highest BCUT2D eigenvalue weighted by atomic mass is 32.1. The Bertz CT molecular complexity index is 559. The number of halogens is 1. The molecule has 108 valence electrons. The minimum Gasteiger partial charge on any atom is -0.271 e. The van der Waals surface area contributed by atoms with Crippen molar-refractivity contribution in [3.63, 3.8) is 0 Å². The average Bonchev–Trinajstić information content (AvgIpc) is 2.85. The molecule has 3 N–H and O–H groups in total. The molecule has 0 saturated heterocycles. The van der Waals surface area contributed by atoms with Gasteiger partial charge in [-0.05, 0) is 12.1 Å². The number of rotatable bonds is 4. The maximum absolute atomic E-state index is 12.9. The van der Waals surface area contributed by atoms with E-state index in [1.54, 1.807) is 17.4 Å². The molecule has 0 fully saturated rings. The van der Waals surface area contributed by atoms with Crippen LogP contribution in [-0.4, -0.2) is 9.97 Å². The first-order valence-electron chi connectivity index (χ1n) is 6.42. The van der Waals surface area contributed by atoms with E-state index in [0.29, 0.717) is 12.1 Å². The van der Waals surface area contributed by atoms with Gasteiger partial charge in [0.05, 0.1) is 28.6 Å². The van der Waals surface area contributed by atoms with Gasteiger partial charge in [0, 0.05) is 17.2 Å². The number of nitrogens with two attached hydrogens (primary N) is 1. The first-order valence-corrected chi connectivity index (χ1v) is 7.30. The lowest BCUT2D eigenvalue weighted by Crippen LogP contribution is -2.30. The summed E-state index contributed by atoms with van der Waals surface area (Å²) in [4.78, 5) is 8.69. The van der Waals surface area contributed by atoms with E-state index < -0.39 is 0 Å². The number of nitrogens with zero attached hydrogens (tertiary/aromatic N) is 2. The Morgan fingerprint density at radius 1 is 1.40 bits per heavy atom. The van der Waals surface area contributed by atoms with Crippen molar-refractivity contribution in [2.45, 2.75) is 38.6 Å². The normalized spacial score (nSPS) is 13.4. The molecule has 0 aromatic carbocycles. The second-order valence-corrected chi connectivity index (χ2v) is 6.64. The minimum atomic E-state index is -0.353. The Balaban J connectivity index is 2.14. The summed E-state index contributed by atoms with van der Waals surface area (Å²) in [7, 11) is 0. The van der Waals surface area contributed by atoms with Crippen molar-refractivity contribution in [1.82, 2.24) is 15.4 Å². The quantitative estimate of drug-likeness (QED) is 0.672. The molecule has 0 aliphatic rings. The van der Waals surface area contributed by atoms with Gasteiger partial charge in [-0.3, -0.25) is 16.3 Å². The van der Waals surface area contributed by atoms with Gasteiger partial charge in [-0.25, -0.2) is 9.37 Å². The summed E-state index contributed by atoms with van der Waals surface area (Å²) in [5, 5.41) is 3.06. The molecule has 0 amide bonds. The highest BCUT2D eigenvalue weighted by Gasteiger charge is 2.19. The number of thiazole rings is 1. The zero-order valence-corrected chi connectivity index (χ0v) is 12.7. The average molecular weight is 294 g/mol. The lowest BCUT2D eigenvalue weighted by Gasteiger charge is -2.15. The fourth-order valence-corrected chi connectivity index (χ4v) is 2.83. The molecule has 2 rings (SSSR count). The van der Waals surface area contributed by atoms with E-state index in [1.807, 2.05) is 0 Å². The van der Waals surface area contributed by atoms with Crippen LogP contribution in [0, 0.1) is 5.82 Å². The van der Waals surface area contributed by atoms with Gasteiger partial charge >= 0.3 is 0 Å². The summed E-state index contributed by atoms with van der Waals surface area (Å²) < 4.78 is 12.9. The van der Waals surface area contributed by atoms with Gasteiger partial charge in [0.1, 0.15) is 5.82 Å². The smallest absolute Gasteiger partial charge is 0.141 e. The van der Waals surface area contributed by atoms with E-state index in [4.69, 9.17) is 5.84 Å². The SMILES string of the molecule is CC(C)(C)c1csc(CC(NN)c2ccc(F)cn2)n1. The highest BCUT2D eigenvalue weighted by Crippen LogP contribution is 2.26. The van der Waals surface area contributed by atoms with E-state index in [-0.39, 0.29) is 17.3 Å². The lowest BCUT2D eigenvalue weighted by atomic mass is 9.93. The van der Waals surface area contributed by atoms with Gasteiger partial charge < -0.3 is 0 Å². The van der Waals surface area contributed by atoms with Crippen LogP contribution in [-0.2, 0) is 11.8 Å². The van der Waals surface area contributed by atoms with Crippen LogP contribution in [0.1, 0.15) is 43.2 Å². The standard InChI is InChI=1S/C14H19FN4S/c1-14(2,3)12-8-20-13(18-12)6-11(19-16)10-5-4-9(15)7-17-10/h4-5,7-8,11,19H,6,16H2,1-3H3. The molecule has 0 spiro atoms. The van der Waals surface area contributed by atoms with Crippen molar-refractivity contribution < 1.29 is 4.39 Å². The number of hydrazine groups is 1. The maximum Gasteiger partial charge on any atom is 0.141 e.